The average molecular weight is 271 g/mol. The topological polar surface area (TPSA) is 0 Å². The lowest BCUT2D eigenvalue weighted by Crippen LogP contribution is -1.92. The summed E-state index contributed by atoms with van der Waals surface area (Å²) < 4.78 is 0. The standard InChI is InChI=1S/C17H34S/c18-16-12-8-6-4-2-1-3-5-7-9-13-17-14-10-11-15-17/h17-18H,1-16H2. The highest BCUT2D eigenvalue weighted by atomic mass is 32.1. The van der Waals surface area contributed by atoms with Gasteiger partial charge in [0.2, 0.25) is 0 Å². The minimum atomic E-state index is 1.07. The van der Waals surface area contributed by atoms with Crippen LogP contribution in [0.1, 0.15) is 96.3 Å². The van der Waals surface area contributed by atoms with Gasteiger partial charge in [-0.1, -0.05) is 89.9 Å². The van der Waals surface area contributed by atoms with Crippen LogP contribution in [0.3, 0.4) is 0 Å². The first-order valence-corrected chi connectivity index (χ1v) is 9.17. The summed E-state index contributed by atoms with van der Waals surface area (Å²) in [5, 5.41) is 0. The van der Waals surface area contributed by atoms with Crippen molar-refractivity contribution in [3.8, 4) is 0 Å². The molecule has 1 saturated carbocycles. The second kappa shape index (κ2) is 12.4. The van der Waals surface area contributed by atoms with E-state index in [1.54, 1.807) is 0 Å². The molecule has 1 heteroatoms. The summed E-state index contributed by atoms with van der Waals surface area (Å²) in [6.45, 7) is 0. The molecule has 1 rings (SSSR count). The van der Waals surface area contributed by atoms with Crippen LogP contribution in [0.4, 0.5) is 0 Å². The quantitative estimate of drug-likeness (QED) is 0.308. The Labute approximate surface area is 121 Å². The molecule has 18 heavy (non-hydrogen) atoms. The molecule has 0 aromatic carbocycles. The van der Waals surface area contributed by atoms with E-state index in [0.717, 1.165) is 11.7 Å². The second-order valence-electron chi connectivity index (χ2n) is 6.20. The van der Waals surface area contributed by atoms with Crippen LogP contribution in [0.25, 0.3) is 0 Å². The first-order chi connectivity index (χ1) is 8.93. The Balaban J connectivity index is 1.68. The molecule has 0 spiro atoms. The third kappa shape index (κ3) is 9.30. The Bertz CT molecular complexity index is 161. The maximum absolute atomic E-state index is 4.24. The molecule has 0 aliphatic heterocycles. The molecule has 0 aromatic rings. The Hall–Kier alpha value is 0.350. The van der Waals surface area contributed by atoms with E-state index in [1.807, 2.05) is 0 Å². The van der Waals surface area contributed by atoms with Crippen molar-refractivity contribution in [1.82, 2.24) is 0 Å². The Morgan fingerprint density at radius 1 is 0.611 bits per heavy atom. The van der Waals surface area contributed by atoms with E-state index in [2.05, 4.69) is 12.6 Å². The van der Waals surface area contributed by atoms with Gasteiger partial charge in [-0.25, -0.2) is 0 Å². The van der Waals surface area contributed by atoms with Crippen molar-refractivity contribution in [2.75, 3.05) is 5.75 Å². The Morgan fingerprint density at radius 3 is 1.56 bits per heavy atom. The molecule has 1 aliphatic carbocycles. The van der Waals surface area contributed by atoms with Crippen LogP contribution in [0, 0.1) is 5.92 Å². The number of hydrogen-bond donors (Lipinski definition) is 1. The number of thiol groups is 1. The van der Waals surface area contributed by atoms with Crippen molar-refractivity contribution in [2.45, 2.75) is 96.3 Å². The second-order valence-corrected chi connectivity index (χ2v) is 6.65. The van der Waals surface area contributed by atoms with Gasteiger partial charge in [-0.3, -0.25) is 0 Å². The third-order valence-corrected chi connectivity index (χ3v) is 4.81. The Kier molecular flexibility index (Phi) is 11.3. The first kappa shape index (κ1) is 16.4. The number of hydrogen-bond acceptors (Lipinski definition) is 1. The highest BCUT2D eigenvalue weighted by Gasteiger charge is 2.13. The highest BCUT2D eigenvalue weighted by Crippen LogP contribution is 2.29. The van der Waals surface area contributed by atoms with E-state index in [0.29, 0.717) is 0 Å². The van der Waals surface area contributed by atoms with Crippen molar-refractivity contribution in [2.24, 2.45) is 5.92 Å². The van der Waals surface area contributed by atoms with Crippen LogP contribution in [0.2, 0.25) is 0 Å². The summed E-state index contributed by atoms with van der Waals surface area (Å²) in [4.78, 5) is 0. The van der Waals surface area contributed by atoms with E-state index in [9.17, 15) is 0 Å². The van der Waals surface area contributed by atoms with Crippen LogP contribution < -0.4 is 0 Å². The van der Waals surface area contributed by atoms with Crippen LogP contribution in [-0.2, 0) is 0 Å². The van der Waals surface area contributed by atoms with Gasteiger partial charge in [0.05, 0.1) is 0 Å². The molecule has 0 atom stereocenters. The van der Waals surface area contributed by atoms with Crippen molar-refractivity contribution in [3.05, 3.63) is 0 Å². The van der Waals surface area contributed by atoms with E-state index < -0.39 is 0 Å². The fourth-order valence-electron chi connectivity index (χ4n) is 3.26. The lowest BCUT2D eigenvalue weighted by molar-refractivity contribution is 0.460. The minimum absolute atomic E-state index is 1.07. The van der Waals surface area contributed by atoms with Crippen LogP contribution in [-0.4, -0.2) is 5.75 Å². The summed E-state index contributed by atoms with van der Waals surface area (Å²) in [6.07, 6.45) is 22.1. The normalized spacial score (nSPS) is 16.5. The predicted molar refractivity (Wildman–Crippen MR) is 86.6 cm³/mol. The van der Waals surface area contributed by atoms with Gasteiger partial charge in [0.25, 0.3) is 0 Å². The molecular formula is C17H34S. The van der Waals surface area contributed by atoms with Gasteiger partial charge in [0.15, 0.2) is 0 Å². The molecule has 0 aromatic heterocycles. The highest BCUT2D eigenvalue weighted by molar-refractivity contribution is 7.80. The summed E-state index contributed by atoms with van der Waals surface area (Å²) in [5.41, 5.74) is 0. The molecule has 0 amide bonds. The smallest absolute Gasteiger partial charge is 0.00979 e. The zero-order valence-electron chi connectivity index (χ0n) is 12.3. The largest absolute Gasteiger partial charge is 0.179 e. The molecule has 1 aliphatic rings. The van der Waals surface area contributed by atoms with Gasteiger partial charge in [0, 0.05) is 0 Å². The number of unbranched alkanes of at least 4 members (excludes halogenated alkanes) is 9. The fraction of sp³-hybridized carbons (Fsp3) is 1.00. The molecule has 0 saturated heterocycles. The van der Waals surface area contributed by atoms with Crippen molar-refractivity contribution >= 4 is 12.6 Å². The van der Waals surface area contributed by atoms with Crippen molar-refractivity contribution in [3.63, 3.8) is 0 Å². The summed E-state index contributed by atoms with van der Waals surface area (Å²) in [7, 11) is 0. The molecule has 108 valence electrons. The van der Waals surface area contributed by atoms with E-state index in [-0.39, 0.29) is 0 Å². The summed E-state index contributed by atoms with van der Waals surface area (Å²) in [5.74, 6) is 2.18. The molecule has 1 fully saturated rings. The molecule has 0 radical (unpaired) electrons. The maximum atomic E-state index is 4.24. The average Bonchev–Trinajstić information content (AvgIpc) is 2.89. The SMILES string of the molecule is SCCCCCCCCCCCCC1CCCC1. The van der Waals surface area contributed by atoms with Crippen LogP contribution >= 0.6 is 12.6 Å². The monoisotopic (exact) mass is 270 g/mol. The summed E-state index contributed by atoms with van der Waals surface area (Å²) >= 11 is 4.24. The van der Waals surface area contributed by atoms with E-state index in [4.69, 9.17) is 0 Å². The van der Waals surface area contributed by atoms with Gasteiger partial charge < -0.3 is 0 Å². The minimum Gasteiger partial charge on any atom is -0.179 e. The number of rotatable bonds is 12. The summed E-state index contributed by atoms with van der Waals surface area (Å²) in [6, 6.07) is 0. The van der Waals surface area contributed by atoms with Gasteiger partial charge in [0.1, 0.15) is 0 Å². The lowest BCUT2D eigenvalue weighted by atomic mass is 9.99. The zero-order chi connectivity index (χ0) is 12.9. The maximum Gasteiger partial charge on any atom is -0.00979 e. The van der Waals surface area contributed by atoms with Crippen molar-refractivity contribution in [1.29, 1.82) is 0 Å². The van der Waals surface area contributed by atoms with Gasteiger partial charge in [-0.05, 0) is 18.1 Å². The van der Waals surface area contributed by atoms with Crippen LogP contribution in [0.15, 0.2) is 0 Å². The molecule has 0 nitrogen and oxygen atoms in total. The first-order valence-electron chi connectivity index (χ1n) is 8.54. The Morgan fingerprint density at radius 2 is 1.06 bits per heavy atom. The van der Waals surface area contributed by atoms with E-state index in [1.165, 1.54) is 96.3 Å². The van der Waals surface area contributed by atoms with E-state index >= 15 is 0 Å². The molecule has 0 unspecified atom stereocenters. The molecule has 0 N–H and O–H groups in total. The zero-order valence-corrected chi connectivity index (χ0v) is 13.2. The third-order valence-electron chi connectivity index (χ3n) is 4.50. The fourth-order valence-corrected chi connectivity index (χ4v) is 3.48. The van der Waals surface area contributed by atoms with Gasteiger partial charge in [-0.15, -0.1) is 0 Å². The predicted octanol–water partition coefficient (Wildman–Crippen LogP) is 6.40. The molecule has 0 bridgehead atoms. The molecule has 0 heterocycles. The van der Waals surface area contributed by atoms with Crippen LogP contribution in [0.5, 0.6) is 0 Å². The van der Waals surface area contributed by atoms with Crippen molar-refractivity contribution < 1.29 is 0 Å². The molecular weight excluding hydrogens is 236 g/mol. The van der Waals surface area contributed by atoms with Gasteiger partial charge >= 0.3 is 0 Å². The van der Waals surface area contributed by atoms with Gasteiger partial charge in [-0.2, -0.15) is 12.6 Å². The lowest BCUT2D eigenvalue weighted by Gasteiger charge is -2.07.